The normalized spacial score (nSPS) is 11.7. The molecule has 0 radical (unpaired) electrons. The van der Waals surface area contributed by atoms with E-state index in [1.807, 2.05) is 24.3 Å². The molecule has 142 valence electrons. The standard InChI is InChI=1S/C25H16F2O2/c26-17-5-9-19(10-6-17)28-24-14-13-22-21-4-2-1-3-16(21)15-23(22)25(24)29-20-11-7-18(27)8-12-20/h1-14H,15H2. The van der Waals surface area contributed by atoms with Crippen LogP contribution in [-0.4, -0.2) is 0 Å². The molecule has 4 aromatic rings. The third kappa shape index (κ3) is 3.34. The fourth-order valence-electron chi connectivity index (χ4n) is 3.60. The number of hydrogen-bond donors (Lipinski definition) is 0. The van der Waals surface area contributed by atoms with Crippen molar-refractivity contribution >= 4 is 0 Å². The highest BCUT2D eigenvalue weighted by Gasteiger charge is 2.25. The summed E-state index contributed by atoms with van der Waals surface area (Å²) in [7, 11) is 0. The van der Waals surface area contributed by atoms with E-state index in [9.17, 15) is 8.78 Å². The summed E-state index contributed by atoms with van der Waals surface area (Å²) in [6, 6.07) is 23.8. The molecule has 0 aliphatic heterocycles. The first-order valence-corrected chi connectivity index (χ1v) is 9.28. The van der Waals surface area contributed by atoms with E-state index in [4.69, 9.17) is 9.47 Å². The molecule has 4 aromatic carbocycles. The van der Waals surface area contributed by atoms with Gasteiger partial charge in [-0.15, -0.1) is 0 Å². The SMILES string of the molecule is Fc1ccc(Oc2ccc3c(c2Oc2ccc(F)cc2)Cc2ccccc2-3)cc1. The van der Waals surface area contributed by atoms with Gasteiger partial charge in [0, 0.05) is 12.0 Å². The molecule has 0 atom stereocenters. The molecule has 0 spiro atoms. The van der Waals surface area contributed by atoms with Gasteiger partial charge in [0.2, 0.25) is 0 Å². The second-order valence-corrected chi connectivity index (χ2v) is 6.86. The van der Waals surface area contributed by atoms with Crippen LogP contribution in [0.5, 0.6) is 23.0 Å². The van der Waals surface area contributed by atoms with Crippen molar-refractivity contribution < 1.29 is 18.3 Å². The highest BCUT2D eigenvalue weighted by Crippen LogP contribution is 2.47. The Labute approximate surface area is 167 Å². The van der Waals surface area contributed by atoms with Crippen LogP contribution in [0.25, 0.3) is 11.1 Å². The van der Waals surface area contributed by atoms with Crippen LogP contribution >= 0.6 is 0 Å². The van der Waals surface area contributed by atoms with Gasteiger partial charge in [-0.05, 0) is 71.3 Å². The minimum absolute atomic E-state index is 0.328. The lowest BCUT2D eigenvalue weighted by Gasteiger charge is -2.16. The van der Waals surface area contributed by atoms with E-state index in [0.717, 1.165) is 11.1 Å². The Morgan fingerprint density at radius 1 is 0.586 bits per heavy atom. The molecule has 0 fully saturated rings. The molecule has 5 rings (SSSR count). The van der Waals surface area contributed by atoms with Crippen LogP contribution in [-0.2, 0) is 6.42 Å². The van der Waals surface area contributed by atoms with Crippen molar-refractivity contribution in [2.75, 3.05) is 0 Å². The molecule has 0 amide bonds. The van der Waals surface area contributed by atoms with E-state index in [1.165, 1.54) is 35.4 Å². The molecule has 1 aliphatic carbocycles. The fourth-order valence-corrected chi connectivity index (χ4v) is 3.60. The van der Waals surface area contributed by atoms with Gasteiger partial charge < -0.3 is 9.47 Å². The molecule has 0 heterocycles. The molecule has 2 nitrogen and oxygen atoms in total. The van der Waals surface area contributed by atoms with E-state index in [-0.39, 0.29) is 11.6 Å². The Morgan fingerprint density at radius 3 is 1.90 bits per heavy atom. The maximum atomic E-state index is 13.3. The van der Waals surface area contributed by atoms with Crippen LogP contribution in [0.4, 0.5) is 8.78 Å². The van der Waals surface area contributed by atoms with Gasteiger partial charge in [-0.1, -0.05) is 30.3 Å². The summed E-state index contributed by atoms with van der Waals surface area (Å²) in [5.74, 6) is 1.46. The summed E-state index contributed by atoms with van der Waals surface area (Å²) in [4.78, 5) is 0. The van der Waals surface area contributed by atoms with Crippen molar-refractivity contribution in [3.05, 3.63) is 108 Å². The minimum atomic E-state index is -0.329. The zero-order valence-corrected chi connectivity index (χ0v) is 15.4. The molecule has 0 bridgehead atoms. The zero-order chi connectivity index (χ0) is 19.8. The Bertz CT molecular complexity index is 1180. The molecule has 0 aromatic heterocycles. The van der Waals surface area contributed by atoms with Crippen molar-refractivity contribution in [1.29, 1.82) is 0 Å². The first kappa shape index (κ1) is 17.4. The van der Waals surface area contributed by atoms with Crippen molar-refractivity contribution in [2.45, 2.75) is 6.42 Å². The summed E-state index contributed by atoms with van der Waals surface area (Å²) < 4.78 is 38.7. The lowest BCUT2D eigenvalue weighted by Crippen LogP contribution is -1.96. The predicted molar refractivity (Wildman–Crippen MR) is 108 cm³/mol. The van der Waals surface area contributed by atoms with E-state index in [0.29, 0.717) is 29.4 Å². The second kappa shape index (κ2) is 7.06. The summed E-state index contributed by atoms with van der Waals surface area (Å²) in [5.41, 5.74) is 4.48. The van der Waals surface area contributed by atoms with Gasteiger partial charge >= 0.3 is 0 Å². The fraction of sp³-hybridized carbons (Fsp3) is 0.0400. The van der Waals surface area contributed by atoms with Crippen LogP contribution in [0.15, 0.2) is 84.9 Å². The predicted octanol–water partition coefficient (Wildman–Crippen LogP) is 7.12. The number of hydrogen-bond acceptors (Lipinski definition) is 2. The average molecular weight is 386 g/mol. The van der Waals surface area contributed by atoms with Gasteiger partial charge in [-0.3, -0.25) is 0 Å². The van der Waals surface area contributed by atoms with Crippen molar-refractivity contribution in [1.82, 2.24) is 0 Å². The van der Waals surface area contributed by atoms with Crippen LogP contribution in [0.2, 0.25) is 0 Å². The van der Waals surface area contributed by atoms with Gasteiger partial charge in [-0.2, -0.15) is 0 Å². The highest BCUT2D eigenvalue weighted by atomic mass is 19.1. The maximum Gasteiger partial charge on any atom is 0.174 e. The monoisotopic (exact) mass is 386 g/mol. The molecule has 1 aliphatic rings. The average Bonchev–Trinajstić information content (AvgIpc) is 3.12. The summed E-state index contributed by atoms with van der Waals surface area (Å²) in [5, 5.41) is 0. The van der Waals surface area contributed by atoms with Gasteiger partial charge in [0.15, 0.2) is 11.5 Å². The van der Waals surface area contributed by atoms with Gasteiger partial charge in [0.1, 0.15) is 23.1 Å². The van der Waals surface area contributed by atoms with Gasteiger partial charge in [0.25, 0.3) is 0 Å². The molecular weight excluding hydrogens is 370 g/mol. The molecular formula is C25H16F2O2. The zero-order valence-electron chi connectivity index (χ0n) is 15.4. The largest absolute Gasteiger partial charge is 0.453 e. The topological polar surface area (TPSA) is 18.5 Å². The summed E-state index contributed by atoms with van der Waals surface area (Å²) in [6.45, 7) is 0. The number of ether oxygens (including phenoxy) is 2. The molecule has 0 saturated heterocycles. The third-order valence-electron chi connectivity index (χ3n) is 4.97. The van der Waals surface area contributed by atoms with Gasteiger partial charge in [-0.25, -0.2) is 8.78 Å². The number of rotatable bonds is 4. The Morgan fingerprint density at radius 2 is 1.21 bits per heavy atom. The summed E-state index contributed by atoms with van der Waals surface area (Å²) in [6.07, 6.45) is 0.711. The highest BCUT2D eigenvalue weighted by molar-refractivity contribution is 5.81. The first-order chi connectivity index (χ1) is 14.2. The van der Waals surface area contributed by atoms with Crippen molar-refractivity contribution in [3.8, 4) is 34.1 Å². The van der Waals surface area contributed by atoms with Crippen molar-refractivity contribution in [3.63, 3.8) is 0 Å². The Hall–Kier alpha value is -3.66. The van der Waals surface area contributed by atoms with Gasteiger partial charge in [0.05, 0.1) is 0 Å². The molecule has 0 saturated carbocycles. The first-order valence-electron chi connectivity index (χ1n) is 9.28. The quantitative estimate of drug-likeness (QED) is 0.327. The lowest BCUT2D eigenvalue weighted by molar-refractivity contribution is 0.415. The minimum Gasteiger partial charge on any atom is -0.453 e. The van der Waals surface area contributed by atoms with Crippen LogP contribution in [0, 0.1) is 11.6 Å². The molecule has 4 heteroatoms. The smallest absolute Gasteiger partial charge is 0.174 e. The molecule has 0 N–H and O–H groups in total. The Kier molecular flexibility index (Phi) is 4.24. The van der Waals surface area contributed by atoms with Crippen LogP contribution in [0.1, 0.15) is 11.1 Å². The van der Waals surface area contributed by atoms with Crippen LogP contribution < -0.4 is 9.47 Å². The van der Waals surface area contributed by atoms with Crippen molar-refractivity contribution in [2.24, 2.45) is 0 Å². The van der Waals surface area contributed by atoms with E-state index >= 15 is 0 Å². The van der Waals surface area contributed by atoms with Crippen LogP contribution in [0.3, 0.4) is 0 Å². The Balaban J connectivity index is 1.59. The molecule has 0 unspecified atom stereocenters. The van der Waals surface area contributed by atoms with E-state index in [1.54, 1.807) is 24.3 Å². The lowest BCUT2D eigenvalue weighted by atomic mass is 10.0. The number of halogens is 2. The maximum absolute atomic E-state index is 13.3. The third-order valence-corrected chi connectivity index (χ3v) is 4.97. The molecule has 29 heavy (non-hydrogen) atoms. The van der Waals surface area contributed by atoms with E-state index < -0.39 is 0 Å². The summed E-state index contributed by atoms with van der Waals surface area (Å²) >= 11 is 0. The number of fused-ring (bicyclic) bond motifs is 3. The second-order valence-electron chi connectivity index (χ2n) is 6.86. The number of benzene rings is 4. The van der Waals surface area contributed by atoms with E-state index in [2.05, 4.69) is 12.1 Å².